The molecule has 0 amide bonds. The van der Waals surface area contributed by atoms with Crippen molar-refractivity contribution in [1.29, 1.82) is 0 Å². The third kappa shape index (κ3) is 6.70. The standard InChI is InChI=1S/C9H20OS/c1-8(2)9(3)11-7-5-4-6-10/h8-10H,4-7H2,1-3H3. The van der Waals surface area contributed by atoms with Gasteiger partial charge in [0.25, 0.3) is 0 Å². The molecule has 1 atom stereocenters. The summed E-state index contributed by atoms with van der Waals surface area (Å²) in [7, 11) is 0. The molecule has 11 heavy (non-hydrogen) atoms. The molecule has 0 fully saturated rings. The average Bonchev–Trinajstić information content (AvgIpc) is 1.97. The quantitative estimate of drug-likeness (QED) is 0.628. The molecule has 0 radical (unpaired) electrons. The van der Waals surface area contributed by atoms with Gasteiger partial charge in [0.1, 0.15) is 0 Å². The first-order valence-electron chi connectivity index (χ1n) is 4.41. The van der Waals surface area contributed by atoms with E-state index in [1.54, 1.807) is 0 Å². The molecule has 1 nitrogen and oxygen atoms in total. The van der Waals surface area contributed by atoms with Crippen molar-refractivity contribution in [3.8, 4) is 0 Å². The molecule has 0 rings (SSSR count). The number of aliphatic hydroxyl groups excluding tert-OH is 1. The average molecular weight is 176 g/mol. The number of aliphatic hydroxyl groups is 1. The fourth-order valence-corrected chi connectivity index (χ4v) is 1.80. The summed E-state index contributed by atoms with van der Waals surface area (Å²) in [6, 6.07) is 0. The van der Waals surface area contributed by atoms with Crippen LogP contribution in [0.15, 0.2) is 0 Å². The van der Waals surface area contributed by atoms with Crippen LogP contribution in [0.25, 0.3) is 0 Å². The normalized spacial score (nSPS) is 13.9. The molecule has 0 aromatic heterocycles. The van der Waals surface area contributed by atoms with Crippen molar-refractivity contribution in [1.82, 2.24) is 0 Å². The van der Waals surface area contributed by atoms with E-state index in [1.165, 1.54) is 5.75 Å². The Labute approximate surface area is 74.6 Å². The summed E-state index contributed by atoms with van der Waals surface area (Å²) >= 11 is 2.01. The topological polar surface area (TPSA) is 20.2 Å². The Balaban J connectivity index is 3.10. The Morgan fingerprint density at radius 3 is 2.27 bits per heavy atom. The van der Waals surface area contributed by atoms with E-state index in [0.29, 0.717) is 6.61 Å². The molecule has 68 valence electrons. The maximum Gasteiger partial charge on any atom is 0.0431 e. The zero-order valence-electron chi connectivity index (χ0n) is 7.84. The molecule has 0 aliphatic heterocycles. The molecule has 0 spiro atoms. The van der Waals surface area contributed by atoms with Gasteiger partial charge in [-0.1, -0.05) is 20.8 Å². The number of unbranched alkanes of at least 4 members (excludes halogenated alkanes) is 1. The summed E-state index contributed by atoms with van der Waals surface area (Å²) in [4.78, 5) is 0. The first-order chi connectivity index (χ1) is 5.18. The Kier molecular flexibility index (Phi) is 7.18. The van der Waals surface area contributed by atoms with E-state index in [-0.39, 0.29) is 0 Å². The maximum atomic E-state index is 8.53. The van der Waals surface area contributed by atoms with Crippen LogP contribution < -0.4 is 0 Å². The Bertz CT molecular complexity index is 83.6. The van der Waals surface area contributed by atoms with Crippen LogP contribution in [0.2, 0.25) is 0 Å². The van der Waals surface area contributed by atoms with Gasteiger partial charge in [-0.25, -0.2) is 0 Å². The molecule has 2 heteroatoms. The second-order valence-corrected chi connectivity index (χ2v) is 4.74. The summed E-state index contributed by atoms with van der Waals surface area (Å²) in [5.74, 6) is 1.97. The molecule has 0 aliphatic carbocycles. The maximum absolute atomic E-state index is 8.53. The summed E-state index contributed by atoms with van der Waals surface area (Å²) < 4.78 is 0. The fraction of sp³-hybridized carbons (Fsp3) is 1.00. The minimum absolute atomic E-state index is 0.344. The van der Waals surface area contributed by atoms with Crippen molar-refractivity contribution in [3.05, 3.63) is 0 Å². The lowest BCUT2D eigenvalue weighted by Gasteiger charge is -2.14. The zero-order valence-corrected chi connectivity index (χ0v) is 8.66. The SMILES string of the molecule is CC(C)C(C)SCCCCO. The minimum atomic E-state index is 0.344. The van der Waals surface area contributed by atoms with Gasteiger partial charge >= 0.3 is 0 Å². The molecular weight excluding hydrogens is 156 g/mol. The third-order valence-electron chi connectivity index (χ3n) is 1.87. The van der Waals surface area contributed by atoms with E-state index in [1.807, 2.05) is 11.8 Å². The largest absolute Gasteiger partial charge is 0.396 e. The molecule has 1 N–H and O–H groups in total. The van der Waals surface area contributed by atoms with Crippen molar-refractivity contribution in [2.45, 2.75) is 38.9 Å². The van der Waals surface area contributed by atoms with Crippen molar-refractivity contribution in [2.24, 2.45) is 5.92 Å². The lowest BCUT2D eigenvalue weighted by atomic mass is 10.2. The molecule has 0 bridgehead atoms. The van der Waals surface area contributed by atoms with E-state index in [4.69, 9.17) is 5.11 Å². The molecule has 0 aromatic carbocycles. The van der Waals surface area contributed by atoms with Crippen molar-refractivity contribution < 1.29 is 5.11 Å². The van der Waals surface area contributed by atoms with E-state index in [0.717, 1.165) is 24.0 Å². The molecule has 0 saturated carbocycles. The Hall–Kier alpha value is 0.310. The highest BCUT2D eigenvalue weighted by Gasteiger charge is 2.05. The van der Waals surface area contributed by atoms with Crippen LogP contribution in [0.3, 0.4) is 0 Å². The number of hydrogen-bond donors (Lipinski definition) is 1. The van der Waals surface area contributed by atoms with E-state index in [2.05, 4.69) is 20.8 Å². The molecule has 0 saturated heterocycles. The highest BCUT2D eigenvalue weighted by Crippen LogP contribution is 2.19. The van der Waals surface area contributed by atoms with Gasteiger partial charge in [-0.05, 0) is 24.5 Å². The van der Waals surface area contributed by atoms with Crippen LogP contribution in [0.1, 0.15) is 33.6 Å². The van der Waals surface area contributed by atoms with Gasteiger partial charge in [-0.3, -0.25) is 0 Å². The first-order valence-corrected chi connectivity index (χ1v) is 5.45. The number of rotatable bonds is 6. The molecule has 0 heterocycles. The fourth-order valence-electron chi connectivity index (χ4n) is 0.676. The van der Waals surface area contributed by atoms with Gasteiger partial charge in [-0.2, -0.15) is 11.8 Å². The summed E-state index contributed by atoms with van der Waals surface area (Å²) in [6.45, 7) is 7.12. The summed E-state index contributed by atoms with van der Waals surface area (Å²) in [6.07, 6.45) is 2.11. The van der Waals surface area contributed by atoms with Gasteiger partial charge < -0.3 is 5.11 Å². The Morgan fingerprint density at radius 2 is 1.82 bits per heavy atom. The summed E-state index contributed by atoms with van der Waals surface area (Å²) in [5.41, 5.74) is 0. The zero-order chi connectivity index (χ0) is 8.69. The highest BCUT2D eigenvalue weighted by molar-refractivity contribution is 7.99. The Morgan fingerprint density at radius 1 is 1.18 bits per heavy atom. The summed E-state index contributed by atoms with van der Waals surface area (Å²) in [5, 5.41) is 9.29. The smallest absolute Gasteiger partial charge is 0.0431 e. The lowest BCUT2D eigenvalue weighted by Crippen LogP contribution is -2.06. The molecule has 0 aromatic rings. The van der Waals surface area contributed by atoms with Crippen LogP contribution >= 0.6 is 11.8 Å². The molecule has 0 aliphatic rings. The third-order valence-corrected chi connectivity index (χ3v) is 3.47. The monoisotopic (exact) mass is 176 g/mol. The van der Waals surface area contributed by atoms with Crippen LogP contribution in [-0.4, -0.2) is 22.7 Å². The van der Waals surface area contributed by atoms with Gasteiger partial charge in [0, 0.05) is 11.9 Å². The van der Waals surface area contributed by atoms with Crippen LogP contribution in [-0.2, 0) is 0 Å². The van der Waals surface area contributed by atoms with Gasteiger partial charge in [-0.15, -0.1) is 0 Å². The minimum Gasteiger partial charge on any atom is -0.396 e. The second-order valence-electron chi connectivity index (χ2n) is 3.25. The highest BCUT2D eigenvalue weighted by atomic mass is 32.2. The second kappa shape index (κ2) is 6.99. The molecular formula is C9H20OS. The van der Waals surface area contributed by atoms with Crippen LogP contribution in [0.5, 0.6) is 0 Å². The van der Waals surface area contributed by atoms with Gasteiger partial charge in [0.2, 0.25) is 0 Å². The molecule has 1 unspecified atom stereocenters. The van der Waals surface area contributed by atoms with Crippen LogP contribution in [0, 0.1) is 5.92 Å². The first kappa shape index (κ1) is 11.3. The van der Waals surface area contributed by atoms with Crippen molar-refractivity contribution in [3.63, 3.8) is 0 Å². The number of hydrogen-bond acceptors (Lipinski definition) is 2. The van der Waals surface area contributed by atoms with E-state index in [9.17, 15) is 0 Å². The van der Waals surface area contributed by atoms with Gasteiger partial charge in [0.05, 0.1) is 0 Å². The van der Waals surface area contributed by atoms with Gasteiger partial charge in [0.15, 0.2) is 0 Å². The predicted octanol–water partition coefficient (Wildman–Crippen LogP) is 2.54. The van der Waals surface area contributed by atoms with Crippen molar-refractivity contribution >= 4 is 11.8 Å². The van der Waals surface area contributed by atoms with E-state index >= 15 is 0 Å². The predicted molar refractivity (Wildman–Crippen MR) is 53.1 cm³/mol. The lowest BCUT2D eigenvalue weighted by molar-refractivity contribution is 0.287. The number of thioether (sulfide) groups is 1. The van der Waals surface area contributed by atoms with Crippen molar-refractivity contribution in [2.75, 3.05) is 12.4 Å². The van der Waals surface area contributed by atoms with E-state index < -0.39 is 0 Å². The van der Waals surface area contributed by atoms with Crippen LogP contribution in [0.4, 0.5) is 0 Å².